The fourth-order valence-electron chi connectivity index (χ4n) is 3.81. The van der Waals surface area contributed by atoms with Gasteiger partial charge in [0.05, 0.1) is 25.5 Å². The van der Waals surface area contributed by atoms with E-state index in [1.807, 2.05) is 10.3 Å². The zero-order valence-corrected chi connectivity index (χ0v) is 15.5. The van der Waals surface area contributed by atoms with Gasteiger partial charge >= 0.3 is 0 Å². The number of likely N-dealkylation sites (tertiary alicyclic amines) is 1. The average Bonchev–Trinajstić information content (AvgIpc) is 3.04. The van der Waals surface area contributed by atoms with Gasteiger partial charge in [-0.15, -0.1) is 11.3 Å². The van der Waals surface area contributed by atoms with Crippen LogP contribution in [0.4, 0.5) is 0 Å². The van der Waals surface area contributed by atoms with Crippen molar-refractivity contribution < 1.29 is 14.6 Å². The minimum atomic E-state index is -0.879. The summed E-state index contributed by atoms with van der Waals surface area (Å²) in [5.74, 6) is 0.533. The van der Waals surface area contributed by atoms with Gasteiger partial charge in [-0.3, -0.25) is 9.69 Å². The Balaban J connectivity index is 1.34. The van der Waals surface area contributed by atoms with Crippen molar-refractivity contribution in [1.82, 2.24) is 14.8 Å². The highest BCUT2D eigenvalue weighted by atomic mass is 32.1. The molecule has 7 heteroatoms. The first-order chi connectivity index (χ1) is 12.1. The van der Waals surface area contributed by atoms with Gasteiger partial charge in [-0.25, -0.2) is 4.98 Å². The second kappa shape index (κ2) is 7.31. The molecular formula is C18H27N3O3S. The van der Waals surface area contributed by atoms with Crippen molar-refractivity contribution in [2.75, 3.05) is 39.4 Å². The number of morpholine rings is 1. The Labute approximate surface area is 152 Å². The van der Waals surface area contributed by atoms with Crippen LogP contribution in [-0.4, -0.2) is 65.2 Å². The zero-order valence-electron chi connectivity index (χ0n) is 14.7. The number of piperidine rings is 1. The number of aliphatic hydroxyl groups is 1. The summed E-state index contributed by atoms with van der Waals surface area (Å²) in [6.07, 6.45) is 4.43. The Bertz CT molecular complexity index is 602. The lowest BCUT2D eigenvalue weighted by Crippen LogP contribution is -2.48. The highest BCUT2D eigenvalue weighted by Gasteiger charge is 2.39. The Morgan fingerprint density at radius 3 is 2.64 bits per heavy atom. The first kappa shape index (κ1) is 17.4. The third-order valence-electron chi connectivity index (χ3n) is 5.85. The highest BCUT2D eigenvalue weighted by molar-refractivity contribution is 7.09. The summed E-state index contributed by atoms with van der Waals surface area (Å²) in [6.45, 7) is 5.57. The number of nitrogens with zero attached hydrogens (tertiary/aromatic N) is 3. The van der Waals surface area contributed by atoms with E-state index >= 15 is 0 Å². The minimum Gasteiger partial charge on any atom is -0.383 e. The van der Waals surface area contributed by atoms with Crippen molar-refractivity contribution in [3.8, 4) is 0 Å². The summed E-state index contributed by atoms with van der Waals surface area (Å²) in [6, 6.07) is 0. The molecule has 3 aliphatic rings. The molecule has 3 fully saturated rings. The molecule has 25 heavy (non-hydrogen) atoms. The van der Waals surface area contributed by atoms with Crippen molar-refractivity contribution in [2.24, 2.45) is 5.92 Å². The minimum absolute atomic E-state index is 0.241. The van der Waals surface area contributed by atoms with E-state index in [1.165, 1.54) is 6.42 Å². The third-order valence-corrected chi connectivity index (χ3v) is 6.68. The summed E-state index contributed by atoms with van der Waals surface area (Å²) in [5.41, 5.74) is -0.0904. The van der Waals surface area contributed by atoms with Crippen molar-refractivity contribution in [3.63, 3.8) is 0 Å². The Morgan fingerprint density at radius 1 is 1.28 bits per heavy atom. The van der Waals surface area contributed by atoms with Gasteiger partial charge in [0.1, 0.15) is 10.6 Å². The van der Waals surface area contributed by atoms with Crippen LogP contribution in [0.15, 0.2) is 5.38 Å². The molecule has 138 valence electrons. The van der Waals surface area contributed by atoms with Crippen LogP contribution < -0.4 is 0 Å². The van der Waals surface area contributed by atoms with Crippen molar-refractivity contribution in [2.45, 2.75) is 44.2 Å². The number of rotatable bonds is 4. The standard InChI is InChI=1S/C18H27N3O3S/c22-17(14-2-1-3-14)21-6-4-18(23,5-7-21)15-13-25-16(19-15)12-20-8-10-24-11-9-20/h13-14,23H,1-12H2. The van der Waals surface area contributed by atoms with Crippen LogP contribution in [0.3, 0.4) is 0 Å². The van der Waals surface area contributed by atoms with Gasteiger partial charge in [0.2, 0.25) is 5.91 Å². The largest absolute Gasteiger partial charge is 0.383 e. The zero-order chi connectivity index (χ0) is 17.3. The quantitative estimate of drug-likeness (QED) is 0.878. The molecule has 1 aromatic rings. The van der Waals surface area contributed by atoms with Crippen LogP contribution in [0.25, 0.3) is 0 Å². The van der Waals surface area contributed by atoms with Gasteiger partial charge in [0.15, 0.2) is 0 Å². The second-order valence-electron chi connectivity index (χ2n) is 7.50. The van der Waals surface area contributed by atoms with Crippen molar-refractivity contribution >= 4 is 17.2 Å². The second-order valence-corrected chi connectivity index (χ2v) is 8.44. The van der Waals surface area contributed by atoms with Crippen LogP contribution >= 0.6 is 11.3 Å². The number of carbonyl (C=O) groups excluding carboxylic acids is 1. The molecule has 1 N–H and O–H groups in total. The van der Waals surface area contributed by atoms with Crippen LogP contribution in [0, 0.1) is 5.92 Å². The summed E-state index contributed by atoms with van der Waals surface area (Å²) in [5, 5.41) is 14.1. The third kappa shape index (κ3) is 3.74. The maximum absolute atomic E-state index is 12.4. The Morgan fingerprint density at radius 2 is 2.00 bits per heavy atom. The molecule has 3 heterocycles. The van der Waals surface area contributed by atoms with Gasteiger partial charge in [0.25, 0.3) is 0 Å². The van der Waals surface area contributed by atoms with Crippen LogP contribution in [0.2, 0.25) is 0 Å². The number of aromatic nitrogens is 1. The average molecular weight is 365 g/mol. The van der Waals surface area contributed by atoms with E-state index in [-0.39, 0.29) is 5.92 Å². The molecule has 2 saturated heterocycles. The number of hydrogen-bond donors (Lipinski definition) is 1. The lowest BCUT2D eigenvalue weighted by atomic mass is 9.82. The number of ether oxygens (including phenoxy) is 1. The number of carbonyl (C=O) groups is 1. The fourth-order valence-corrected chi connectivity index (χ4v) is 4.74. The lowest BCUT2D eigenvalue weighted by Gasteiger charge is -2.40. The topological polar surface area (TPSA) is 65.9 Å². The van der Waals surface area contributed by atoms with Gasteiger partial charge in [-0.2, -0.15) is 0 Å². The summed E-state index contributed by atoms with van der Waals surface area (Å²) in [7, 11) is 0. The van der Waals surface area contributed by atoms with Crippen LogP contribution in [-0.2, 0) is 21.7 Å². The smallest absolute Gasteiger partial charge is 0.225 e. The normalized spacial score (nSPS) is 24.9. The van der Waals surface area contributed by atoms with E-state index in [2.05, 4.69) is 4.90 Å². The SMILES string of the molecule is O=C(C1CCC1)N1CCC(O)(c2csc(CN3CCOCC3)n2)CC1. The lowest BCUT2D eigenvalue weighted by molar-refractivity contribution is -0.142. The molecule has 0 spiro atoms. The molecule has 0 atom stereocenters. The fraction of sp³-hybridized carbons (Fsp3) is 0.778. The summed E-state index contributed by atoms with van der Waals surface area (Å²) in [4.78, 5) is 21.4. The molecule has 1 aromatic heterocycles. The number of amides is 1. The molecule has 6 nitrogen and oxygen atoms in total. The van der Waals surface area contributed by atoms with E-state index in [4.69, 9.17) is 9.72 Å². The molecule has 2 aliphatic heterocycles. The van der Waals surface area contributed by atoms with E-state index in [9.17, 15) is 9.90 Å². The van der Waals surface area contributed by atoms with E-state index < -0.39 is 5.60 Å². The molecule has 0 bridgehead atoms. The van der Waals surface area contributed by atoms with E-state index in [0.29, 0.717) is 31.8 Å². The molecule has 1 saturated carbocycles. The molecule has 1 amide bonds. The van der Waals surface area contributed by atoms with Gasteiger partial charge in [0, 0.05) is 37.5 Å². The molecular weight excluding hydrogens is 338 g/mol. The van der Waals surface area contributed by atoms with E-state index in [0.717, 1.165) is 56.4 Å². The van der Waals surface area contributed by atoms with Gasteiger partial charge < -0.3 is 14.7 Å². The van der Waals surface area contributed by atoms with Crippen LogP contribution in [0.5, 0.6) is 0 Å². The number of thiazole rings is 1. The molecule has 0 radical (unpaired) electrons. The predicted octanol–water partition coefficient (Wildman–Crippen LogP) is 1.59. The van der Waals surface area contributed by atoms with Crippen LogP contribution in [0.1, 0.15) is 42.8 Å². The predicted molar refractivity (Wildman–Crippen MR) is 95.3 cm³/mol. The molecule has 1 aliphatic carbocycles. The van der Waals surface area contributed by atoms with Crippen molar-refractivity contribution in [3.05, 3.63) is 16.1 Å². The summed E-state index contributed by atoms with van der Waals surface area (Å²) >= 11 is 1.63. The summed E-state index contributed by atoms with van der Waals surface area (Å²) < 4.78 is 5.38. The van der Waals surface area contributed by atoms with E-state index in [1.54, 1.807) is 11.3 Å². The Kier molecular flexibility index (Phi) is 5.08. The monoisotopic (exact) mass is 365 g/mol. The Hall–Kier alpha value is -1.02. The van der Waals surface area contributed by atoms with Crippen molar-refractivity contribution in [1.29, 1.82) is 0 Å². The maximum Gasteiger partial charge on any atom is 0.225 e. The molecule has 4 rings (SSSR count). The first-order valence-corrected chi connectivity index (χ1v) is 10.3. The highest BCUT2D eigenvalue weighted by Crippen LogP contribution is 2.36. The molecule has 0 aromatic carbocycles. The molecule has 0 unspecified atom stereocenters. The van der Waals surface area contributed by atoms with Gasteiger partial charge in [-0.1, -0.05) is 6.42 Å². The first-order valence-electron chi connectivity index (χ1n) is 9.40. The van der Waals surface area contributed by atoms with Gasteiger partial charge in [-0.05, 0) is 25.7 Å². The number of hydrogen-bond acceptors (Lipinski definition) is 6. The maximum atomic E-state index is 12.4.